The first-order chi connectivity index (χ1) is 10.6. The first-order valence-electron chi connectivity index (χ1n) is 6.80. The summed E-state index contributed by atoms with van der Waals surface area (Å²) in [6.07, 6.45) is 0. The molecule has 0 saturated heterocycles. The Kier molecular flexibility index (Phi) is 3.94. The molecular weight excluding hydrogens is 344 g/mol. The third-order valence-electron chi connectivity index (χ3n) is 3.39. The minimum absolute atomic E-state index is 0.610. The van der Waals surface area contributed by atoms with Gasteiger partial charge in [0.1, 0.15) is 11.4 Å². The van der Waals surface area contributed by atoms with E-state index in [2.05, 4.69) is 31.1 Å². The average Bonchev–Trinajstić information content (AvgIpc) is 2.88. The molecule has 0 radical (unpaired) electrons. The van der Waals surface area contributed by atoms with Crippen LogP contribution in [0.15, 0.2) is 41.1 Å². The summed E-state index contributed by atoms with van der Waals surface area (Å²) in [4.78, 5) is 4.54. The quantitative estimate of drug-likeness (QED) is 0.715. The van der Waals surface area contributed by atoms with Crippen molar-refractivity contribution in [2.45, 2.75) is 13.8 Å². The van der Waals surface area contributed by atoms with Crippen molar-refractivity contribution in [3.63, 3.8) is 0 Å². The Morgan fingerprint density at radius 2 is 1.82 bits per heavy atom. The number of para-hydroxylation sites is 1. The van der Waals surface area contributed by atoms with Crippen LogP contribution in [0.2, 0.25) is 0 Å². The largest absolute Gasteiger partial charge is 0.495 e. The Hall–Kier alpha value is -2.21. The predicted octanol–water partition coefficient (Wildman–Crippen LogP) is 3.72. The molecule has 1 aromatic carbocycles. The Labute approximate surface area is 137 Å². The molecule has 0 amide bonds. The molecule has 0 aliphatic carbocycles. The van der Waals surface area contributed by atoms with E-state index in [0.29, 0.717) is 10.6 Å². The third-order valence-corrected chi connectivity index (χ3v) is 3.90. The minimum atomic E-state index is 0.610. The van der Waals surface area contributed by atoms with E-state index in [1.54, 1.807) is 7.11 Å². The van der Waals surface area contributed by atoms with Gasteiger partial charge in [0.15, 0.2) is 5.82 Å². The highest BCUT2D eigenvalue weighted by atomic mass is 79.9. The Morgan fingerprint density at radius 3 is 2.55 bits per heavy atom. The molecule has 2 heterocycles. The van der Waals surface area contributed by atoms with Crippen LogP contribution in [0.5, 0.6) is 5.75 Å². The number of benzene rings is 1. The molecule has 0 fully saturated rings. The maximum absolute atomic E-state index is 5.50. The lowest BCUT2D eigenvalue weighted by Crippen LogP contribution is -2.04. The monoisotopic (exact) mass is 358 g/mol. The van der Waals surface area contributed by atoms with Crippen molar-refractivity contribution in [3.8, 4) is 23.0 Å². The maximum atomic E-state index is 5.50. The fraction of sp³-hybridized carbons (Fsp3) is 0.188. The van der Waals surface area contributed by atoms with Crippen LogP contribution in [0.25, 0.3) is 17.2 Å². The zero-order chi connectivity index (χ0) is 15.7. The molecule has 0 aliphatic heterocycles. The fourth-order valence-corrected chi connectivity index (χ4v) is 2.80. The molecule has 0 unspecified atom stereocenters. The third kappa shape index (κ3) is 2.50. The first kappa shape index (κ1) is 14.7. The molecule has 6 heteroatoms. The van der Waals surface area contributed by atoms with Crippen molar-refractivity contribution in [2.24, 2.45) is 0 Å². The molecular formula is C16H15BrN4O. The molecule has 0 saturated carbocycles. The maximum Gasteiger partial charge on any atom is 0.205 e. The van der Waals surface area contributed by atoms with Crippen LogP contribution in [0.3, 0.4) is 0 Å². The van der Waals surface area contributed by atoms with Crippen LogP contribution in [0.4, 0.5) is 0 Å². The standard InChI is InChI=1S/C16H15BrN4O/c1-10-6-4-9-13(22-3)14(10)21-15(19-20-16(21)17)12-8-5-7-11(2)18-12/h4-9H,1-3H3. The topological polar surface area (TPSA) is 52.8 Å². The molecule has 0 spiro atoms. The SMILES string of the molecule is COc1cccc(C)c1-n1c(Br)nnc1-c1cccc(C)n1. The van der Waals surface area contributed by atoms with Gasteiger partial charge in [0, 0.05) is 5.69 Å². The van der Waals surface area contributed by atoms with Gasteiger partial charge in [0.05, 0.1) is 12.8 Å². The highest BCUT2D eigenvalue weighted by molar-refractivity contribution is 9.10. The molecule has 5 nitrogen and oxygen atoms in total. The van der Waals surface area contributed by atoms with Crippen molar-refractivity contribution < 1.29 is 4.74 Å². The van der Waals surface area contributed by atoms with Crippen LogP contribution in [-0.4, -0.2) is 26.9 Å². The Balaban J connectivity index is 2.28. The van der Waals surface area contributed by atoms with Gasteiger partial charge in [-0.25, -0.2) is 4.98 Å². The van der Waals surface area contributed by atoms with Crippen LogP contribution >= 0.6 is 15.9 Å². The molecule has 3 aromatic rings. The summed E-state index contributed by atoms with van der Waals surface area (Å²) in [6.45, 7) is 3.98. The zero-order valence-electron chi connectivity index (χ0n) is 12.5. The van der Waals surface area contributed by atoms with Crippen LogP contribution in [0, 0.1) is 13.8 Å². The number of hydrogen-bond donors (Lipinski definition) is 0. The van der Waals surface area contributed by atoms with Crippen molar-refractivity contribution in [1.29, 1.82) is 0 Å². The van der Waals surface area contributed by atoms with E-state index in [9.17, 15) is 0 Å². The van der Waals surface area contributed by atoms with E-state index in [1.807, 2.05) is 54.8 Å². The lowest BCUT2D eigenvalue weighted by Gasteiger charge is -2.14. The van der Waals surface area contributed by atoms with E-state index in [0.717, 1.165) is 28.4 Å². The van der Waals surface area contributed by atoms with E-state index in [-0.39, 0.29) is 0 Å². The van der Waals surface area contributed by atoms with E-state index in [4.69, 9.17) is 4.74 Å². The number of pyridine rings is 1. The number of aryl methyl sites for hydroxylation is 2. The highest BCUT2D eigenvalue weighted by Crippen LogP contribution is 2.32. The van der Waals surface area contributed by atoms with E-state index in [1.165, 1.54) is 0 Å². The van der Waals surface area contributed by atoms with Crippen molar-refractivity contribution >= 4 is 15.9 Å². The van der Waals surface area contributed by atoms with E-state index < -0.39 is 0 Å². The van der Waals surface area contributed by atoms with Gasteiger partial charge in [-0.2, -0.15) is 0 Å². The van der Waals surface area contributed by atoms with Crippen LogP contribution < -0.4 is 4.74 Å². The van der Waals surface area contributed by atoms with Gasteiger partial charge >= 0.3 is 0 Å². The summed E-state index contributed by atoms with van der Waals surface area (Å²) >= 11 is 3.47. The van der Waals surface area contributed by atoms with E-state index >= 15 is 0 Å². The lowest BCUT2D eigenvalue weighted by atomic mass is 10.1. The van der Waals surface area contributed by atoms with Gasteiger partial charge < -0.3 is 4.74 Å². The molecule has 0 N–H and O–H groups in total. The summed E-state index contributed by atoms with van der Waals surface area (Å²) < 4.78 is 8.02. The molecule has 3 rings (SSSR count). The normalized spacial score (nSPS) is 10.7. The van der Waals surface area contributed by atoms with Crippen molar-refractivity contribution in [1.82, 2.24) is 19.7 Å². The Morgan fingerprint density at radius 1 is 1.05 bits per heavy atom. The van der Waals surface area contributed by atoms with Gasteiger partial charge in [-0.1, -0.05) is 18.2 Å². The molecule has 112 valence electrons. The van der Waals surface area contributed by atoms with Gasteiger partial charge in [0.25, 0.3) is 0 Å². The van der Waals surface area contributed by atoms with Crippen LogP contribution in [-0.2, 0) is 0 Å². The van der Waals surface area contributed by atoms with Crippen molar-refractivity contribution in [2.75, 3.05) is 7.11 Å². The molecule has 22 heavy (non-hydrogen) atoms. The summed E-state index contributed by atoms with van der Waals surface area (Å²) in [5, 5.41) is 8.42. The second-order valence-corrected chi connectivity index (χ2v) is 5.63. The number of rotatable bonds is 3. The number of halogens is 1. The van der Waals surface area contributed by atoms with Gasteiger partial charge in [0.2, 0.25) is 4.73 Å². The number of ether oxygens (including phenoxy) is 1. The molecule has 2 aromatic heterocycles. The second kappa shape index (κ2) is 5.88. The minimum Gasteiger partial charge on any atom is -0.495 e. The average molecular weight is 359 g/mol. The van der Waals surface area contributed by atoms with Gasteiger partial charge in [-0.05, 0) is 53.5 Å². The summed E-state index contributed by atoms with van der Waals surface area (Å²) in [6, 6.07) is 11.7. The molecule has 0 aliphatic rings. The smallest absolute Gasteiger partial charge is 0.205 e. The number of aromatic nitrogens is 4. The van der Waals surface area contributed by atoms with Gasteiger partial charge in [-0.15, -0.1) is 10.2 Å². The van der Waals surface area contributed by atoms with Crippen molar-refractivity contribution in [3.05, 3.63) is 52.4 Å². The second-order valence-electron chi connectivity index (χ2n) is 4.92. The van der Waals surface area contributed by atoms with Gasteiger partial charge in [-0.3, -0.25) is 4.57 Å². The number of nitrogens with zero attached hydrogens (tertiary/aromatic N) is 4. The number of hydrogen-bond acceptors (Lipinski definition) is 4. The Bertz CT molecular complexity index is 829. The summed E-state index contributed by atoms with van der Waals surface area (Å²) in [5.41, 5.74) is 3.66. The molecule has 0 bridgehead atoms. The number of methoxy groups -OCH3 is 1. The lowest BCUT2D eigenvalue weighted by molar-refractivity contribution is 0.412. The first-order valence-corrected chi connectivity index (χ1v) is 7.60. The fourth-order valence-electron chi connectivity index (χ4n) is 2.38. The zero-order valence-corrected chi connectivity index (χ0v) is 14.1. The predicted molar refractivity (Wildman–Crippen MR) is 88.3 cm³/mol. The highest BCUT2D eigenvalue weighted by Gasteiger charge is 2.19. The van der Waals surface area contributed by atoms with Crippen LogP contribution in [0.1, 0.15) is 11.3 Å². The summed E-state index contributed by atoms with van der Waals surface area (Å²) in [7, 11) is 1.65. The summed E-state index contributed by atoms with van der Waals surface area (Å²) in [5.74, 6) is 1.43. The molecule has 0 atom stereocenters.